The van der Waals surface area contributed by atoms with Gasteiger partial charge in [-0.25, -0.2) is 0 Å². The summed E-state index contributed by atoms with van der Waals surface area (Å²) in [6.45, 7) is 4.66. The van der Waals surface area contributed by atoms with Gasteiger partial charge in [0.1, 0.15) is 5.69 Å². The number of carbonyl (C=O) groups is 3. The van der Waals surface area contributed by atoms with Crippen LogP contribution in [0, 0.1) is 6.92 Å². The molecule has 0 spiro atoms. The maximum Gasteiger partial charge on any atom is 0.271 e. The lowest BCUT2D eigenvalue weighted by molar-refractivity contribution is -0.131. The molecule has 0 saturated heterocycles. The summed E-state index contributed by atoms with van der Waals surface area (Å²) in [6, 6.07) is 5.38. The minimum absolute atomic E-state index is 0.0785. The number of nitrogens with one attached hydrogen (secondary N) is 2. The molecule has 3 heterocycles. The van der Waals surface area contributed by atoms with E-state index in [1.54, 1.807) is 35.0 Å². The molecule has 9 nitrogen and oxygen atoms in total. The highest BCUT2D eigenvalue weighted by molar-refractivity contribution is 5.92. The van der Waals surface area contributed by atoms with Gasteiger partial charge in [-0.2, -0.15) is 5.10 Å². The second-order valence-corrected chi connectivity index (χ2v) is 6.84. The Hall–Kier alpha value is -3.23. The number of pyridine rings is 1. The van der Waals surface area contributed by atoms with Crippen LogP contribution in [-0.2, 0) is 23.2 Å². The fraction of sp³-hybridized carbons (Fsp3) is 0.421. The summed E-state index contributed by atoms with van der Waals surface area (Å²) in [4.78, 5) is 42.5. The first kappa shape index (κ1) is 19.5. The molecule has 148 valence electrons. The van der Waals surface area contributed by atoms with Crippen LogP contribution < -0.4 is 10.6 Å². The van der Waals surface area contributed by atoms with E-state index in [1.165, 1.54) is 6.92 Å². The zero-order chi connectivity index (χ0) is 20.3. The first-order chi connectivity index (χ1) is 13.4. The average molecular weight is 384 g/mol. The van der Waals surface area contributed by atoms with E-state index >= 15 is 0 Å². The Labute approximate surface area is 163 Å². The summed E-state index contributed by atoms with van der Waals surface area (Å²) < 4.78 is 1.63. The van der Waals surface area contributed by atoms with Crippen molar-refractivity contribution in [2.75, 3.05) is 19.6 Å². The highest BCUT2D eigenvalue weighted by Gasteiger charge is 2.32. The molecular weight excluding hydrogens is 360 g/mol. The minimum atomic E-state index is -0.525. The summed E-state index contributed by atoms with van der Waals surface area (Å²) >= 11 is 0. The average Bonchev–Trinajstić information content (AvgIpc) is 3.02. The molecule has 0 radical (unpaired) electrons. The number of fused-ring (bicyclic) bond motifs is 1. The Balaban J connectivity index is 1.55. The molecule has 0 fully saturated rings. The quantitative estimate of drug-likeness (QED) is 0.712. The van der Waals surface area contributed by atoms with E-state index in [-0.39, 0.29) is 30.8 Å². The van der Waals surface area contributed by atoms with E-state index in [0.717, 1.165) is 11.3 Å². The van der Waals surface area contributed by atoms with Gasteiger partial charge in [0.05, 0.1) is 11.6 Å². The van der Waals surface area contributed by atoms with Gasteiger partial charge in [-0.15, -0.1) is 0 Å². The van der Waals surface area contributed by atoms with Crippen molar-refractivity contribution in [2.24, 2.45) is 7.05 Å². The summed E-state index contributed by atoms with van der Waals surface area (Å²) in [5.74, 6) is -1.10. The van der Waals surface area contributed by atoms with Gasteiger partial charge < -0.3 is 15.5 Å². The third-order valence-corrected chi connectivity index (χ3v) is 4.84. The predicted molar refractivity (Wildman–Crippen MR) is 101 cm³/mol. The maximum atomic E-state index is 12.7. The summed E-state index contributed by atoms with van der Waals surface area (Å²) in [5.41, 5.74) is 2.80. The van der Waals surface area contributed by atoms with Gasteiger partial charge in [-0.3, -0.25) is 24.0 Å². The van der Waals surface area contributed by atoms with Crippen molar-refractivity contribution >= 4 is 17.7 Å². The summed E-state index contributed by atoms with van der Waals surface area (Å²) in [7, 11) is 1.77. The van der Waals surface area contributed by atoms with Crippen LogP contribution >= 0.6 is 0 Å². The van der Waals surface area contributed by atoms with Crippen LogP contribution in [0.5, 0.6) is 0 Å². The molecule has 2 aromatic heterocycles. The van der Waals surface area contributed by atoms with Crippen molar-refractivity contribution in [3.05, 3.63) is 47.0 Å². The molecule has 9 heteroatoms. The fourth-order valence-electron chi connectivity index (χ4n) is 3.17. The molecule has 0 saturated carbocycles. The number of hydrogen-bond donors (Lipinski definition) is 2. The van der Waals surface area contributed by atoms with Gasteiger partial charge in [-0.05, 0) is 24.6 Å². The summed E-state index contributed by atoms with van der Waals surface area (Å²) in [6.07, 6.45) is 1.65. The number of aryl methyl sites for hydroxylation is 2. The molecule has 2 N–H and O–H groups in total. The second kappa shape index (κ2) is 8.20. The Kier molecular flexibility index (Phi) is 5.72. The Morgan fingerprint density at radius 1 is 1.25 bits per heavy atom. The lowest BCUT2D eigenvalue weighted by atomic mass is 9.94. The fourth-order valence-corrected chi connectivity index (χ4v) is 3.17. The lowest BCUT2D eigenvalue weighted by Gasteiger charge is -2.32. The Bertz CT molecular complexity index is 887. The molecule has 3 amide bonds. The molecule has 1 atom stereocenters. The van der Waals surface area contributed by atoms with Crippen LogP contribution in [0.1, 0.15) is 40.3 Å². The Morgan fingerprint density at radius 2 is 2.00 bits per heavy atom. The van der Waals surface area contributed by atoms with E-state index in [4.69, 9.17) is 0 Å². The number of rotatable bonds is 5. The van der Waals surface area contributed by atoms with Crippen LogP contribution in [0.15, 0.2) is 24.4 Å². The first-order valence-corrected chi connectivity index (χ1v) is 9.12. The van der Waals surface area contributed by atoms with Gasteiger partial charge in [0.15, 0.2) is 0 Å². The second-order valence-electron chi connectivity index (χ2n) is 6.84. The minimum Gasteiger partial charge on any atom is -0.354 e. The highest BCUT2D eigenvalue weighted by atomic mass is 16.2. The number of carbonyl (C=O) groups excluding carboxylic acids is 3. The molecule has 28 heavy (non-hydrogen) atoms. The van der Waals surface area contributed by atoms with Gasteiger partial charge in [0.2, 0.25) is 11.8 Å². The van der Waals surface area contributed by atoms with Gasteiger partial charge in [0.25, 0.3) is 5.91 Å². The maximum absolute atomic E-state index is 12.7. The molecule has 3 rings (SSSR count). The van der Waals surface area contributed by atoms with Gasteiger partial charge in [0, 0.05) is 52.0 Å². The highest BCUT2D eigenvalue weighted by Crippen LogP contribution is 2.26. The topological polar surface area (TPSA) is 109 Å². The monoisotopic (exact) mass is 384 g/mol. The van der Waals surface area contributed by atoms with Crippen LogP contribution in [0.3, 0.4) is 0 Å². The standard InChI is InChI=1S/C19H24N6O3/c1-12-9-16(23-24(12)3)19(28)22-8-7-21-18(27)15-11-25(13(2)26)10-14-5-4-6-20-17(14)15/h4-6,9,15H,7-8,10-11H2,1-3H3,(H,21,27)(H,22,28). The molecule has 0 aliphatic carbocycles. The van der Waals surface area contributed by atoms with Crippen LogP contribution in [0.2, 0.25) is 0 Å². The van der Waals surface area contributed by atoms with Gasteiger partial charge >= 0.3 is 0 Å². The van der Waals surface area contributed by atoms with E-state index in [1.807, 2.05) is 13.0 Å². The van der Waals surface area contributed by atoms with E-state index in [0.29, 0.717) is 24.5 Å². The van der Waals surface area contributed by atoms with Crippen molar-refractivity contribution in [1.29, 1.82) is 0 Å². The SMILES string of the molecule is CC(=O)N1Cc2cccnc2C(C(=O)NCCNC(=O)c2cc(C)n(C)n2)C1. The third-order valence-electron chi connectivity index (χ3n) is 4.84. The normalized spacial score (nSPS) is 15.7. The largest absolute Gasteiger partial charge is 0.354 e. The molecule has 1 unspecified atom stereocenters. The number of nitrogens with zero attached hydrogens (tertiary/aromatic N) is 4. The molecule has 0 bridgehead atoms. The van der Waals surface area contributed by atoms with Crippen molar-refractivity contribution < 1.29 is 14.4 Å². The Morgan fingerprint density at radius 3 is 2.68 bits per heavy atom. The molecule has 2 aromatic rings. The van der Waals surface area contributed by atoms with Crippen LogP contribution in [0.25, 0.3) is 0 Å². The van der Waals surface area contributed by atoms with Crippen molar-refractivity contribution in [1.82, 2.24) is 30.3 Å². The van der Waals surface area contributed by atoms with E-state index in [9.17, 15) is 14.4 Å². The van der Waals surface area contributed by atoms with E-state index < -0.39 is 5.92 Å². The zero-order valence-electron chi connectivity index (χ0n) is 16.2. The molecule has 0 aromatic carbocycles. The first-order valence-electron chi connectivity index (χ1n) is 9.12. The molecule has 1 aliphatic heterocycles. The zero-order valence-corrected chi connectivity index (χ0v) is 16.2. The van der Waals surface area contributed by atoms with Crippen LogP contribution in [-0.4, -0.2) is 57.0 Å². The third kappa shape index (κ3) is 4.19. The van der Waals surface area contributed by atoms with Crippen molar-refractivity contribution in [2.45, 2.75) is 26.3 Å². The smallest absolute Gasteiger partial charge is 0.271 e. The molecule has 1 aliphatic rings. The van der Waals surface area contributed by atoms with Crippen molar-refractivity contribution in [3.63, 3.8) is 0 Å². The number of hydrogen-bond acceptors (Lipinski definition) is 5. The number of aromatic nitrogens is 3. The number of amides is 3. The van der Waals surface area contributed by atoms with Crippen LogP contribution in [0.4, 0.5) is 0 Å². The predicted octanol–water partition coefficient (Wildman–Crippen LogP) is 0.115. The van der Waals surface area contributed by atoms with Gasteiger partial charge in [-0.1, -0.05) is 6.07 Å². The van der Waals surface area contributed by atoms with Crippen molar-refractivity contribution in [3.8, 4) is 0 Å². The van der Waals surface area contributed by atoms with E-state index in [2.05, 4.69) is 20.7 Å². The lowest BCUT2D eigenvalue weighted by Crippen LogP contribution is -2.44. The molecular formula is C19H24N6O3. The summed E-state index contributed by atoms with van der Waals surface area (Å²) in [5, 5.41) is 9.67.